The summed E-state index contributed by atoms with van der Waals surface area (Å²) >= 11 is 5.72. The standard InChI is InChI=1S/C13H8ClN3O5/c14-9-4-8(13(18)12(5-9)17(21)22)7-15-10-2-1-3-11(6-10)16(19)20/h1-7,18H/p-1. The van der Waals surface area contributed by atoms with Crippen LogP contribution < -0.4 is 5.11 Å². The fourth-order valence-electron chi connectivity index (χ4n) is 1.66. The molecule has 0 unspecified atom stereocenters. The molecule has 22 heavy (non-hydrogen) atoms. The Labute approximate surface area is 128 Å². The minimum atomic E-state index is -0.834. The molecule has 0 amide bonds. The molecule has 0 aromatic heterocycles. The van der Waals surface area contributed by atoms with Gasteiger partial charge in [0.2, 0.25) is 0 Å². The second-order valence-electron chi connectivity index (χ2n) is 4.14. The van der Waals surface area contributed by atoms with E-state index in [0.717, 1.165) is 12.3 Å². The monoisotopic (exact) mass is 320 g/mol. The van der Waals surface area contributed by atoms with Crippen molar-refractivity contribution in [3.05, 3.63) is 67.2 Å². The molecule has 0 aliphatic heterocycles. The van der Waals surface area contributed by atoms with Gasteiger partial charge in [0.25, 0.3) is 11.4 Å². The molecule has 0 bridgehead atoms. The Morgan fingerprint density at radius 2 is 1.82 bits per heavy atom. The number of nitro benzene ring substituents is 2. The zero-order chi connectivity index (χ0) is 16.3. The van der Waals surface area contributed by atoms with Crippen LogP contribution in [0.25, 0.3) is 0 Å². The number of nitro groups is 2. The predicted octanol–water partition coefficient (Wildman–Crippen LogP) is 2.98. The Kier molecular flexibility index (Phi) is 4.33. The van der Waals surface area contributed by atoms with Gasteiger partial charge in [-0.1, -0.05) is 17.7 Å². The zero-order valence-electron chi connectivity index (χ0n) is 10.8. The van der Waals surface area contributed by atoms with Gasteiger partial charge in [-0.2, -0.15) is 0 Å². The van der Waals surface area contributed by atoms with Crippen molar-refractivity contribution in [2.45, 2.75) is 0 Å². The molecule has 2 rings (SSSR count). The summed E-state index contributed by atoms with van der Waals surface area (Å²) < 4.78 is 0. The lowest BCUT2D eigenvalue weighted by molar-refractivity contribution is -0.398. The first-order valence-corrected chi connectivity index (χ1v) is 6.20. The molecule has 0 spiro atoms. The number of hydrogen-bond acceptors (Lipinski definition) is 6. The third kappa shape index (κ3) is 3.36. The third-order valence-corrected chi connectivity index (χ3v) is 2.87. The van der Waals surface area contributed by atoms with E-state index >= 15 is 0 Å². The fraction of sp³-hybridized carbons (Fsp3) is 0. The van der Waals surface area contributed by atoms with Crippen LogP contribution in [0.3, 0.4) is 0 Å². The van der Waals surface area contributed by atoms with Crippen molar-refractivity contribution < 1.29 is 15.0 Å². The van der Waals surface area contributed by atoms with E-state index in [1.165, 1.54) is 30.3 Å². The maximum Gasteiger partial charge on any atom is 0.271 e. The number of aliphatic imine (C=N–C) groups is 1. The van der Waals surface area contributed by atoms with Crippen molar-refractivity contribution in [3.8, 4) is 5.75 Å². The highest BCUT2D eigenvalue weighted by Crippen LogP contribution is 2.30. The highest BCUT2D eigenvalue weighted by atomic mass is 35.5. The van der Waals surface area contributed by atoms with Gasteiger partial charge >= 0.3 is 0 Å². The summed E-state index contributed by atoms with van der Waals surface area (Å²) in [4.78, 5) is 23.9. The summed E-state index contributed by atoms with van der Waals surface area (Å²) in [6.45, 7) is 0. The van der Waals surface area contributed by atoms with E-state index < -0.39 is 21.3 Å². The van der Waals surface area contributed by atoms with Crippen LogP contribution in [0.15, 0.2) is 41.4 Å². The van der Waals surface area contributed by atoms with Gasteiger partial charge in [0, 0.05) is 29.4 Å². The number of hydrogen-bond donors (Lipinski definition) is 0. The van der Waals surface area contributed by atoms with Gasteiger partial charge in [-0.25, -0.2) is 0 Å². The fourth-order valence-corrected chi connectivity index (χ4v) is 1.88. The molecule has 0 N–H and O–H groups in total. The average molecular weight is 321 g/mol. The van der Waals surface area contributed by atoms with Gasteiger partial charge in [0.05, 0.1) is 15.5 Å². The molecule has 0 aliphatic carbocycles. The first kappa shape index (κ1) is 15.4. The van der Waals surface area contributed by atoms with Crippen LogP contribution in [-0.2, 0) is 0 Å². The molecule has 0 fully saturated rings. The van der Waals surface area contributed by atoms with Crippen molar-refractivity contribution in [3.63, 3.8) is 0 Å². The van der Waals surface area contributed by atoms with Gasteiger partial charge in [-0.3, -0.25) is 25.2 Å². The smallest absolute Gasteiger partial charge is 0.271 e. The van der Waals surface area contributed by atoms with E-state index in [0.29, 0.717) is 0 Å². The van der Waals surface area contributed by atoms with Crippen LogP contribution >= 0.6 is 11.6 Å². The van der Waals surface area contributed by atoms with E-state index in [1.807, 2.05) is 0 Å². The second-order valence-corrected chi connectivity index (χ2v) is 4.57. The van der Waals surface area contributed by atoms with Crippen molar-refractivity contribution in [2.75, 3.05) is 0 Å². The van der Waals surface area contributed by atoms with E-state index in [4.69, 9.17) is 11.6 Å². The molecule has 2 aromatic rings. The van der Waals surface area contributed by atoms with Crippen molar-refractivity contribution in [2.24, 2.45) is 4.99 Å². The lowest BCUT2D eigenvalue weighted by Gasteiger charge is -2.10. The van der Waals surface area contributed by atoms with E-state index in [2.05, 4.69) is 4.99 Å². The lowest BCUT2D eigenvalue weighted by atomic mass is 10.2. The van der Waals surface area contributed by atoms with Gasteiger partial charge < -0.3 is 5.11 Å². The Morgan fingerprint density at radius 3 is 2.45 bits per heavy atom. The summed E-state index contributed by atoms with van der Waals surface area (Å²) in [5.74, 6) is -0.830. The van der Waals surface area contributed by atoms with Gasteiger partial charge in [0.1, 0.15) is 0 Å². The number of nitrogens with zero attached hydrogens (tertiary/aromatic N) is 3. The van der Waals surface area contributed by atoms with Crippen molar-refractivity contribution >= 4 is 34.9 Å². The van der Waals surface area contributed by atoms with Crippen molar-refractivity contribution in [1.82, 2.24) is 0 Å². The van der Waals surface area contributed by atoms with Crippen LogP contribution in [0.2, 0.25) is 5.02 Å². The summed E-state index contributed by atoms with van der Waals surface area (Å²) in [6.07, 6.45) is 1.08. The number of rotatable bonds is 4. The second kappa shape index (κ2) is 6.19. The number of halogens is 1. The number of non-ortho nitro benzene ring substituents is 1. The normalized spacial score (nSPS) is 10.8. The number of benzene rings is 2. The van der Waals surface area contributed by atoms with E-state index in [1.54, 1.807) is 0 Å². The highest BCUT2D eigenvalue weighted by molar-refractivity contribution is 6.31. The SMILES string of the molecule is O=[N+]([O-])c1cccc(N=Cc2cc(Cl)cc([N+](=O)[O-])c2[O-])c1. The quantitative estimate of drug-likeness (QED) is 0.487. The van der Waals surface area contributed by atoms with Crippen LogP contribution in [0.1, 0.15) is 5.56 Å². The first-order chi connectivity index (χ1) is 10.4. The van der Waals surface area contributed by atoms with Gasteiger partial charge in [-0.15, -0.1) is 0 Å². The molecular weight excluding hydrogens is 314 g/mol. The molecule has 9 heteroatoms. The van der Waals surface area contributed by atoms with Crippen LogP contribution in [0.4, 0.5) is 17.1 Å². The summed E-state index contributed by atoms with van der Waals surface area (Å²) in [5.41, 5.74) is -0.663. The molecule has 0 atom stereocenters. The molecule has 0 saturated heterocycles. The maximum atomic E-state index is 11.9. The Morgan fingerprint density at radius 1 is 1.09 bits per heavy atom. The molecular formula is C13H7ClN3O5-. The van der Waals surface area contributed by atoms with Crippen molar-refractivity contribution in [1.29, 1.82) is 0 Å². The zero-order valence-corrected chi connectivity index (χ0v) is 11.6. The largest absolute Gasteiger partial charge is 0.867 e. The maximum absolute atomic E-state index is 11.9. The average Bonchev–Trinajstić information content (AvgIpc) is 2.47. The molecule has 112 valence electrons. The molecule has 8 nitrogen and oxygen atoms in total. The third-order valence-electron chi connectivity index (χ3n) is 2.65. The van der Waals surface area contributed by atoms with Gasteiger partial charge in [0.15, 0.2) is 0 Å². The summed E-state index contributed by atoms with van der Waals surface area (Å²) in [6, 6.07) is 7.62. The molecule has 2 aromatic carbocycles. The summed E-state index contributed by atoms with van der Waals surface area (Å²) in [5, 5.41) is 33.3. The Bertz CT molecular complexity index is 791. The summed E-state index contributed by atoms with van der Waals surface area (Å²) in [7, 11) is 0. The topological polar surface area (TPSA) is 122 Å². The lowest BCUT2D eigenvalue weighted by Crippen LogP contribution is -2.02. The highest BCUT2D eigenvalue weighted by Gasteiger charge is 2.11. The minimum Gasteiger partial charge on any atom is -0.867 e. The van der Waals surface area contributed by atoms with Crippen LogP contribution in [-0.4, -0.2) is 16.1 Å². The molecule has 0 radical (unpaired) electrons. The van der Waals surface area contributed by atoms with Crippen LogP contribution in [0, 0.1) is 20.2 Å². The van der Waals surface area contributed by atoms with Gasteiger partial charge in [-0.05, 0) is 23.4 Å². The molecule has 0 heterocycles. The molecule has 0 aliphatic rings. The van der Waals surface area contributed by atoms with Crippen LogP contribution in [0.5, 0.6) is 5.75 Å². The predicted molar refractivity (Wildman–Crippen MR) is 77.9 cm³/mol. The van der Waals surface area contributed by atoms with E-state index in [-0.39, 0.29) is 22.0 Å². The Balaban J connectivity index is 2.40. The molecule has 0 saturated carbocycles. The Hall–Kier alpha value is -3.00. The first-order valence-electron chi connectivity index (χ1n) is 5.82. The van der Waals surface area contributed by atoms with E-state index in [9.17, 15) is 25.3 Å². The minimum absolute atomic E-state index is 0.0202.